The number of nitrogens with one attached hydrogen (secondary N) is 1. The Hall–Kier alpha value is -4.07. The summed E-state index contributed by atoms with van der Waals surface area (Å²) in [5.41, 5.74) is 1.96. The molecular formula is C24H23N3O5. The van der Waals surface area contributed by atoms with Gasteiger partial charge in [-0.25, -0.2) is 0 Å². The second-order valence-corrected chi connectivity index (χ2v) is 6.80. The van der Waals surface area contributed by atoms with Gasteiger partial charge in [-0.1, -0.05) is 23.4 Å². The molecule has 0 unspecified atom stereocenters. The molecule has 8 nitrogen and oxygen atoms in total. The third-order valence-electron chi connectivity index (χ3n) is 4.62. The van der Waals surface area contributed by atoms with Crippen LogP contribution in [0.15, 0.2) is 69.8 Å². The van der Waals surface area contributed by atoms with Gasteiger partial charge in [0.25, 0.3) is 5.91 Å². The lowest BCUT2D eigenvalue weighted by molar-refractivity contribution is 0.102. The molecule has 1 amide bonds. The van der Waals surface area contributed by atoms with Gasteiger partial charge in [-0.2, -0.15) is 4.98 Å². The van der Waals surface area contributed by atoms with Crippen LogP contribution in [-0.2, 0) is 6.42 Å². The molecule has 0 aliphatic heterocycles. The maximum Gasteiger partial charge on any atom is 0.255 e. The van der Waals surface area contributed by atoms with Crippen LogP contribution < -0.4 is 14.8 Å². The molecule has 2 aromatic carbocycles. The molecule has 4 aromatic rings. The van der Waals surface area contributed by atoms with Crippen LogP contribution in [0.2, 0.25) is 0 Å². The van der Waals surface area contributed by atoms with E-state index in [1.807, 2.05) is 38.1 Å². The van der Waals surface area contributed by atoms with E-state index in [1.165, 1.54) is 0 Å². The van der Waals surface area contributed by atoms with Gasteiger partial charge in [0.1, 0.15) is 0 Å². The number of para-hydroxylation sites is 1. The second-order valence-electron chi connectivity index (χ2n) is 6.80. The van der Waals surface area contributed by atoms with Gasteiger partial charge in [-0.05, 0) is 55.8 Å². The fraction of sp³-hybridized carbons (Fsp3) is 0.208. The molecule has 0 radical (unpaired) electrons. The van der Waals surface area contributed by atoms with E-state index in [-0.39, 0.29) is 5.91 Å². The summed E-state index contributed by atoms with van der Waals surface area (Å²) in [5, 5.41) is 6.91. The summed E-state index contributed by atoms with van der Waals surface area (Å²) >= 11 is 0. The van der Waals surface area contributed by atoms with Crippen LogP contribution in [0.5, 0.6) is 11.5 Å². The van der Waals surface area contributed by atoms with Gasteiger partial charge in [-0.3, -0.25) is 4.79 Å². The number of benzene rings is 2. The van der Waals surface area contributed by atoms with Gasteiger partial charge < -0.3 is 23.7 Å². The Morgan fingerprint density at radius 1 is 1.00 bits per heavy atom. The zero-order valence-electron chi connectivity index (χ0n) is 17.8. The van der Waals surface area contributed by atoms with Crippen molar-refractivity contribution >= 4 is 11.6 Å². The number of furan rings is 1. The van der Waals surface area contributed by atoms with E-state index in [4.69, 9.17) is 18.4 Å². The number of rotatable bonds is 9. The lowest BCUT2D eigenvalue weighted by atomic mass is 10.1. The summed E-state index contributed by atoms with van der Waals surface area (Å²) in [6, 6.07) is 16.1. The number of anilines is 1. The van der Waals surface area contributed by atoms with Crippen molar-refractivity contribution in [3.8, 4) is 23.1 Å². The molecule has 0 fully saturated rings. The third-order valence-corrected chi connectivity index (χ3v) is 4.62. The van der Waals surface area contributed by atoms with Crippen LogP contribution in [0.1, 0.15) is 35.7 Å². The Bertz CT molecular complexity index is 1180. The second kappa shape index (κ2) is 9.82. The molecule has 8 heteroatoms. The molecule has 2 aromatic heterocycles. The van der Waals surface area contributed by atoms with Crippen molar-refractivity contribution in [3.05, 3.63) is 77.9 Å². The molecular weight excluding hydrogens is 410 g/mol. The minimum atomic E-state index is -0.261. The highest BCUT2D eigenvalue weighted by Crippen LogP contribution is 2.29. The van der Waals surface area contributed by atoms with E-state index in [9.17, 15) is 4.79 Å². The molecule has 0 saturated heterocycles. The first-order valence-electron chi connectivity index (χ1n) is 10.3. The summed E-state index contributed by atoms with van der Waals surface area (Å²) in [6.07, 6.45) is 1.91. The normalized spacial score (nSPS) is 10.7. The molecule has 4 rings (SSSR count). The molecule has 0 bridgehead atoms. The van der Waals surface area contributed by atoms with Crippen LogP contribution >= 0.6 is 0 Å². The van der Waals surface area contributed by atoms with Crippen molar-refractivity contribution in [2.24, 2.45) is 0 Å². The number of carbonyl (C=O) groups is 1. The molecule has 164 valence electrons. The summed E-state index contributed by atoms with van der Waals surface area (Å²) in [5.74, 6) is 2.20. The van der Waals surface area contributed by atoms with Crippen molar-refractivity contribution in [2.75, 3.05) is 18.5 Å². The van der Waals surface area contributed by atoms with Crippen LogP contribution in [0.3, 0.4) is 0 Å². The molecule has 0 atom stereocenters. The van der Waals surface area contributed by atoms with Crippen molar-refractivity contribution in [1.29, 1.82) is 0 Å². The standard InChI is InChI=1S/C24H23N3O5/c1-3-29-19-12-11-17(14-21(19)30-4-2)24(28)25-18-9-6-5-8-16(18)15-22-26-23(27-32-22)20-10-7-13-31-20/h5-14H,3-4,15H2,1-2H3,(H,25,28). The topological polar surface area (TPSA) is 99.6 Å². The predicted molar refractivity (Wildman–Crippen MR) is 118 cm³/mol. The largest absolute Gasteiger partial charge is 0.490 e. The number of hydrogen-bond acceptors (Lipinski definition) is 7. The first-order valence-corrected chi connectivity index (χ1v) is 10.3. The zero-order chi connectivity index (χ0) is 22.3. The minimum Gasteiger partial charge on any atom is -0.490 e. The van der Waals surface area contributed by atoms with Gasteiger partial charge in [-0.15, -0.1) is 0 Å². The van der Waals surface area contributed by atoms with Crippen LogP contribution in [0, 0.1) is 0 Å². The fourth-order valence-electron chi connectivity index (χ4n) is 3.18. The van der Waals surface area contributed by atoms with Gasteiger partial charge in [0.2, 0.25) is 11.7 Å². The number of ether oxygens (including phenoxy) is 2. The average molecular weight is 433 g/mol. The first kappa shape index (κ1) is 21.2. The number of amides is 1. The average Bonchev–Trinajstić information content (AvgIpc) is 3.49. The van der Waals surface area contributed by atoms with Crippen LogP contribution in [0.4, 0.5) is 5.69 Å². The van der Waals surface area contributed by atoms with Crippen LogP contribution in [0.25, 0.3) is 11.6 Å². The van der Waals surface area contributed by atoms with E-state index in [2.05, 4.69) is 15.5 Å². The van der Waals surface area contributed by atoms with Crippen LogP contribution in [-0.4, -0.2) is 29.3 Å². The van der Waals surface area contributed by atoms with Crippen molar-refractivity contribution in [2.45, 2.75) is 20.3 Å². The lowest BCUT2D eigenvalue weighted by Gasteiger charge is -2.13. The number of aromatic nitrogens is 2. The Morgan fingerprint density at radius 3 is 2.59 bits per heavy atom. The van der Waals surface area contributed by atoms with Gasteiger partial charge in [0.05, 0.1) is 25.9 Å². The molecule has 0 aliphatic rings. The smallest absolute Gasteiger partial charge is 0.255 e. The highest BCUT2D eigenvalue weighted by atomic mass is 16.5. The molecule has 0 aliphatic carbocycles. The summed E-state index contributed by atoms with van der Waals surface area (Å²) < 4.78 is 21.8. The number of hydrogen-bond donors (Lipinski definition) is 1. The Kier molecular flexibility index (Phi) is 6.50. The molecule has 0 spiro atoms. The summed E-state index contributed by atoms with van der Waals surface area (Å²) in [6.45, 7) is 4.76. The monoisotopic (exact) mass is 433 g/mol. The highest BCUT2D eigenvalue weighted by molar-refractivity contribution is 6.05. The highest BCUT2D eigenvalue weighted by Gasteiger charge is 2.16. The number of carbonyl (C=O) groups excluding carboxylic acids is 1. The van der Waals surface area contributed by atoms with E-state index in [0.717, 1.165) is 5.56 Å². The van der Waals surface area contributed by atoms with Gasteiger partial charge in [0.15, 0.2) is 17.3 Å². The van der Waals surface area contributed by atoms with Gasteiger partial charge >= 0.3 is 0 Å². The van der Waals surface area contributed by atoms with E-state index >= 15 is 0 Å². The summed E-state index contributed by atoms with van der Waals surface area (Å²) in [4.78, 5) is 17.3. The predicted octanol–water partition coefficient (Wildman–Crippen LogP) is 4.97. The third kappa shape index (κ3) is 4.80. The first-order chi connectivity index (χ1) is 15.7. The summed E-state index contributed by atoms with van der Waals surface area (Å²) in [7, 11) is 0. The Balaban J connectivity index is 1.52. The quantitative estimate of drug-likeness (QED) is 0.398. The maximum absolute atomic E-state index is 12.9. The zero-order valence-corrected chi connectivity index (χ0v) is 17.8. The van der Waals surface area contributed by atoms with Crippen molar-refractivity contribution in [3.63, 3.8) is 0 Å². The van der Waals surface area contributed by atoms with Gasteiger partial charge in [0, 0.05) is 11.3 Å². The fourth-order valence-corrected chi connectivity index (χ4v) is 3.18. The molecule has 0 saturated carbocycles. The molecule has 2 heterocycles. The molecule has 32 heavy (non-hydrogen) atoms. The van der Waals surface area contributed by atoms with E-state index in [0.29, 0.717) is 59.9 Å². The lowest BCUT2D eigenvalue weighted by Crippen LogP contribution is -2.14. The van der Waals surface area contributed by atoms with Crippen molar-refractivity contribution < 1.29 is 23.2 Å². The SMILES string of the molecule is CCOc1ccc(C(=O)Nc2ccccc2Cc2nc(-c3ccco3)no2)cc1OCC. The molecule has 1 N–H and O–H groups in total. The maximum atomic E-state index is 12.9. The van der Waals surface area contributed by atoms with E-state index < -0.39 is 0 Å². The van der Waals surface area contributed by atoms with E-state index in [1.54, 1.807) is 36.6 Å². The minimum absolute atomic E-state index is 0.261. The number of nitrogens with zero attached hydrogens (tertiary/aromatic N) is 2. The Morgan fingerprint density at radius 2 is 1.81 bits per heavy atom. The van der Waals surface area contributed by atoms with Crippen molar-refractivity contribution in [1.82, 2.24) is 10.1 Å². The Labute approximate surface area is 185 Å².